The number of rotatable bonds is 3. The summed E-state index contributed by atoms with van der Waals surface area (Å²) in [6.45, 7) is 1.72. The second-order valence-corrected chi connectivity index (χ2v) is 2.64. The molecule has 4 heteroatoms. The molecular weight excluding hydrogens is 158 g/mol. The van der Waals surface area contributed by atoms with Gasteiger partial charge in [-0.2, -0.15) is 0 Å². The van der Waals surface area contributed by atoms with E-state index in [0.717, 1.165) is 0 Å². The molecule has 1 rings (SSSR count). The van der Waals surface area contributed by atoms with Crippen molar-refractivity contribution in [2.75, 3.05) is 0 Å². The van der Waals surface area contributed by atoms with Gasteiger partial charge in [0.05, 0.1) is 12.5 Å². The molecule has 12 heavy (non-hydrogen) atoms. The van der Waals surface area contributed by atoms with Gasteiger partial charge in [-0.25, -0.2) is 4.79 Å². The molecule has 1 aromatic heterocycles. The minimum absolute atomic E-state index is 0.335. The number of furan rings is 1. The molecule has 1 heterocycles. The second kappa shape index (κ2) is 2.98. The number of carboxylic acid groups (broad SMARTS) is 1. The first kappa shape index (κ1) is 8.80. The van der Waals surface area contributed by atoms with E-state index in [2.05, 4.69) is 0 Å². The molecule has 66 valence electrons. The van der Waals surface area contributed by atoms with Gasteiger partial charge >= 0.3 is 5.97 Å². The van der Waals surface area contributed by atoms with Gasteiger partial charge in [-0.3, -0.25) is 0 Å². The van der Waals surface area contributed by atoms with E-state index < -0.39 is 11.5 Å². The topological polar surface area (TPSA) is 76.5 Å². The Morgan fingerprint density at radius 3 is 2.83 bits per heavy atom. The normalized spacial score (nSPS) is 15.5. The highest BCUT2D eigenvalue weighted by Crippen LogP contribution is 2.22. The van der Waals surface area contributed by atoms with Crippen LogP contribution in [-0.4, -0.2) is 11.1 Å². The van der Waals surface area contributed by atoms with Crippen LogP contribution in [0.4, 0.5) is 0 Å². The van der Waals surface area contributed by atoms with Crippen molar-refractivity contribution in [3.05, 3.63) is 24.2 Å². The van der Waals surface area contributed by atoms with Crippen molar-refractivity contribution in [1.29, 1.82) is 0 Å². The zero-order valence-electron chi connectivity index (χ0n) is 6.78. The molecule has 1 atom stereocenters. The minimum atomic E-state index is -1.31. The van der Waals surface area contributed by atoms with E-state index in [0.29, 0.717) is 12.0 Å². The van der Waals surface area contributed by atoms with Crippen LogP contribution in [0.25, 0.3) is 0 Å². The highest BCUT2D eigenvalue weighted by atomic mass is 16.4. The summed E-state index contributed by atoms with van der Waals surface area (Å²) in [6.07, 6.45) is 3.11. The molecule has 0 aliphatic carbocycles. The molecule has 0 radical (unpaired) electrons. The molecule has 0 bridgehead atoms. The maximum Gasteiger partial charge on any atom is 0.328 e. The van der Waals surface area contributed by atoms with E-state index in [4.69, 9.17) is 15.3 Å². The van der Waals surface area contributed by atoms with Gasteiger partial charge in [0, 0.05) is 5.56 Å². The third-order valence-corrected chi connectivity index (χ3v) is 1.98. The van der Waals surface area contributed by atoms with Gasteiger partial charge in [0.25, 0.3) is 0 Å². The van der Waals surface area contributed by atoms with Gasteiger partial charge < -0.3 is 15.3 Å². The maximum absolute atomic E-state index is 10.8. The fourth-order valence-corrected chi connectivity index (χ4v) is 0.997. The van der Waals surface area contributed by atoms with Crippen molar-refractivity contribution >= 4 is 5.97 Å². The lowest BCUT2D eigenvalue weighted by atomic mass is 9.91. The molecule has 0 aliphatic heterocycles. The predicted molar refractivity (Wildman–Crippen MR) is 42.5 cm³/mol. The third kappa shape index (κ3) is 1.21. The van der Waals surface area contributed by atoms with Crippen LogP contribution in [0.5, 0.6) is 0 Å². The fraction of sp³-hybridized carbons (Fsp3) is 0.375. The fourth-order valence-electron chi connectivity index (χ4n) is 0.997. The number of nitrogens with two attached hydrogens (primary N) is 1. The molecule has 0 aromatic carbocycles. The average molecular weight is 169 g/mol. The van der Waals surface area contributed by atoms with Crippen molar-refractivity contribution in [2.24, 2.45) is 5.73 Å². The van der Waals surface area contributed by atoms with E-state index in [1.54, 1.807) is 13.0 Å². The van der Waals surface area contributed by atoms with Crippen LogP contribution in [0.1, 0.15) is 18.9 Å². The van der Waals surface area contributed by atoms with Crippen molar-refractivity contribution in [2.45, 2.75) is 18.9 Å². The largest absolute Gasteiger partial charge is 0.480 e. The Balaban J connectivity index is 3.04. The Labute approximate surface area is 70.0 Å². The molecule has 0 fully saturated rings. The van der Waals surface area contributed by atoms with E-state index in [-0.39, 0.29) is 0 Å². The Bertz CT molecular complexity index is 268. The van der Waals surface area contributed by atoms with Crippen LogP contribution in [0.15, 0.2) is 23.0 Å². The van der Waals surface area contributed by atoms with Crippen molar-refractivity contribution in [3.8, 4) is 0 Å². The summed E-state index contributed by atoms with van der Waals surface area (Å²) in [5.41, 5.74) is 4.83. The first-order chi connectivity index (χ1) is 5.61. The summed E-state index contributed by atoms with van der Waals surface area (Å²) in [4.78, 5) is 10.8. The lowest BCUT2D eigenvalue weighted by molar-refractivity contribution is -0.143. The molecule has 0 amide bonds. The van der Waals surface area contributed by atoms with E-state index in [1.807, 2.05) is 0 Å². The maximum atomic E-state index is 10.8. The standard InChI is InChI=1S/C8H11NO3/c1-2-8(9,7(10)11)6-3-4-12-5-6/h3-5H,2,9H2,1H3,(H,10,11). The Kier molecular flexibility index (Phi) is 2.19. The molecule has 1 aromatic rings. The van der Waals surface area contributed by atoms with Crippen LogP contribution in [0.2, 0.25) is 0 Å². The molecule has 4 nitrogen and oxygen atoms in total. The second-order valence-electron chi connectivity index (χ2n) is 2.64. The number of carboxylic acids is 1. The molecule has 0 saturated carbocycles. The van der Waals surface area contributed by atoms with E-state index in [1.165, 1.54) is 12.5 Å². The van der Waals surface area contributed by atoms with Crippen LogP contribution in [0, 0.1) is 0 Å². The lowest BCUT2D eigenvalue weighted by Crippen LogP contribution is -2.43. The quantitative estimate of drug-likeness (QED) is 0.705. The van der Waals surface area contributed by atoms with Crippen LogP contribution >= 0.6 is 0 Å². The van der Waals surface area contributed by atoms with Gasteiger partial charge in [0.1, 0.15) is 5.54 Å². The smallest absolute Gasteiger partial charge is 0.328 e. The third-order valence-electron chi connectivity index (χ3n) is 1.98. The summed E-state index contributed by atoms with van der Waals surface area (Å²) >= 11 is 0. The number of carbonyl (C=O) groups is 1. The Morgan fingerprint density at radius 1 is 1.83 bits per heavy atom. The summed E-state index contributed by atoms with van der Waals surface area (Å²) in [5.74, 6) is -1.04. The molecule has 3 N–H and O–H groups in total. The first-order valence-electron chi connectivity index (χ1n) is 3.66. The number of hydrogen-bond donors (Lipinski definition) is 2. The van der Waals surface area contributed by atoms with Gasteiger partial charge in [-0.15, -0.1) is 0 Å². The molecular formula is C8H11NO3. The summed E-state index contributed by atoms with van der Waals surface area (Å²) in [7, 11) is 0. The number of aliphatic carboxylic acids is 1. The van der Waals surface area contributed by atoms with Crippen molar-refractivity contribution in [3.63, 3.8) is 0 Å². The van der Waals surface area contributed by atoms with Gasteiger partial charge in [0.2, 0.25) is 0 Å². The van der Waals surface area contributed by atoms with Crippen LogP contribution in [-0.2, 0) is 10.3 Å². The minimum Gasteiger partial charge on any atom is -0.480 e. The Morgan fingerprint density at radius 2 is 2.50 bits per heavy atom. The molecule has 0 aliphatic rings. The van der Waals surface area contributed by atoms with Crippen LogP contribution < -0.4 is 5.73 Å². The van der Waals surface area contributed by atoms with Crippen molar-refractivity contribution in [1.82, 2.24) is 0 Å². The monoisotopic (exact) mass is 169 g/mol. The summed E-state index contributed by atoms with van der Waals surface area (Å²) in [5, 5.41) is 8.84. The van der Waals surface area contributed by atoms with Gasteiger partial charge in [-0.1, -0.05) is 6.92 Å². The van der Waals surface area contributed by atoms with E-state index >= 15 is 0 Å². The van der Waals surface area contributed by atoms with E-state index in [9.17, 15) is 4.79 Å². The SMILES string of the molecule is CCC(N)(C(=O)O)c1ccoc1. The highest BCUT2D eigenvalue weighted by Gasteiger charge is 2.34. The summed E-state index contributed by atoms with van der Waals surface area (Å²) < 4.78 is 4.77. The van der Waals surface area contributed by atoms with Crippen LogP contribution in [0.3, 0.4) is 0 Å². The lowest BCUT2D eigenvalue weighted by Gasteiger charge is -2.20. The Hall–Kier alpha value is -1.29. The van der Waals surface area contributed by atoms with Crippen molar-refractivity contribution < 1.29 is 14.3 Å². The highest BCUT2D eigenvalue weighted by molar-refractivity contribution is 5.80. The zero-order valence-corrected chi connectivity index (χ0v) is 6.78. The molecule has 0 spiro atoms. The molecule has 1 unspecified atom stereocenters. The summed E-state index contributed by atoms with van der Waals surface area (Å²) in [6, 6.07) is 1.57. The number of hydrogen-bond acceptors (Lipinski definition) is 3. The molecule has 0 saturated heterocycles. The van der Waals surface area contributed by atoms with Gasteiger partial charge in [-0.05, 0) is 12.5 Å². The zero-order chi connectivity index (χ0) is 9.19. The predicted octanol–water partition coefficient (Wildman–Crippen LogP) is 0.928. The van der Waals surface area contributed by atoms with Gasteiger partial charge in [0.15, 0.2) is 0 Å². The average Bonchev–Trinajstić information content (AvgIpc) is 2.54. The first-order valence-corrected chi connectivity index (χ1v) is 3.66.